The number of aliphatic hydroxyl groups is 1. The fourth-order valence-electron chi connectivity index (χ4n) is 4.12. The van der Waals surface area contributed by atoms with E-state index in [1.165, 1.54) is 16.2 Å². The Morgan fingerprint density at radius 1 is 1.18 bits per heavy atom. The van der Waals surface area contributed by atoms with Crippen molar-refractivity contribution in [2.45, 2.75) is 19.9 Å². The van der Waals surface area contributed by atoms with Crippen molar-refractivity contribution >= 4 is 39.6 Å². The van der Waals surface area contributed by atoms with E-state index in [2.05, 4.69) is 9.97 Å². The highest BCUT2D eigenvalue weighted by molar-refractivity contribution is 7.14. The minimum absolute atomic E-state index is 0.00638. The van der Waals surface area contributed by atoms with Crippen molar-refractivity contribution in [1.82, 2.24) is 14.4 Å². The number of aliphatic hydroxyl groups excluding tert-OH is 1. The summed E-state index contributed by atoms with van der Waals surface area (Å²) in [5.41, 5.74) is 2.19. The molecule has 0 radical (unpaired) electrons. The average molecular weight is 461 g/mol. The predicted octanol–water partition coefficient (Wildman–Crippen LogP) is 4.12. The van der Waals surface area contributed by atoms with Gasteiger partial charge in [0.05, 0.1) is 23.9 Å². The van der Waals surface area contributed by atoms with Crippen LogP contribution in [0.3, 0.4) is 0 Å². The third-order valence-electron chi connectivity index (χ3n) is 5.51. The smallest absolute Gasteiger partial charge is 0.301 e. The van der Waals surface area contributed by atoms with Crippen LogP contribution >= 0.6 is 11.3 Å². The molecule has 4 aromatic rings. The highest BCUT2D eigenvalue weighted by Crippen LogP contribution is 2.43. The van der Waals surface area contributed by atoms with Crippen LogP contribution in [-0.4, -0.2) is 37.8 Å². The van der Waals surface area contributed by atoms with E-state index < -0.39 is 17.7 Å². The second kappa shape index (κ2) is 8.18. The number of fused-ring (bicyclic) bond motifs is 1. The van der Waals surface area contributed by atoms with E-state index in [-0.39, 0.29) is 11.3 Å². The van der Waals surface area contributed by atoms with Crippen LogP contribution in [0.4, 0.5) is 5.13 Å². The van der Waals surface area contributed by atoms with Gasteiger partial charge in [-0.25, -0.2) is 9.97 Å². The van der Waals surface area contributed by atoms with Gasteiger partial charge in [0.2, 0.25) is 0 Å². The summed E-state index contributed by atoms with van der Waals surface area (Å²) in [6.07, 6.45) is 3.33. The number of hydrogen-bond donors (Lipinski definition) is 1. The minimum Gasteiger partial charge on any atom is -0.505 e. The number of carbonyl (C=O) groups is 2. The summed E-state index contributed by atoms with van der Waals surface area (Å²) < 4.78 is 7.24. The SMILES string of the molecule is CCOc1ccc(C2/C(=C(\O)c3c(C)nc4ccccn34)C(=O)C(=O)N2c2nccs2)cc1. The molecule has 1 aliphatic rings. The summed E-state index contributed by atoms with van der Waals surface area (Å²) in [4.78, 5) is 36.5. The first-order chi connectivity index (χ1) is 16.0. The molecule has 166 valence electrons. The Balaban J connectivity index is 1.74. The summed E-state index contributed by atoms with van der Waals surface area (Å²) in [6, 6.07) is 11.7. The standard InChI is InChI=1S/C24H20N4O4S/c1-3-32-16-9-7-15(8-10-16)20-18(22(30)23(31)28(20)24-25-11-13-33-24)21(29)19-14(2)26-17-6-4-5-12-27(17)19/h4-13,20,29H,3H2,1-2H3/b21-18+. The van der Waals surface area contributed by atoms with Gasteiger partial charge in [-0.2, -0.15) is 0 Å². The number of benzene rings is 1. The quantitative estimate of drug-likeness (QED) is 0.273. The van der Waals surface area contributed by atoms with Crippen molar-refractivity contribution in [2.24, 2.45) is 0 Å². The van der Waals surface area contributed by atoms with Crippen molar-refractivity contribution in [3.63, 3.8) is 0 Å². The molecule has 8 nitrogen and oxygen atoms in total. The van der Waals surface area contributed by atoms with Gasteiger partial charge < -0.3 is 9.84 Å². The molecule has 0 aliphatic carbocycles. The molecule has 1 fully saturated rings. The van der Waals surface area contributed by atoms with Crippen molar-refractivity contribution in [3.05, 3.63) is 82.8 Å². The first kappa shape index (κ1) is 20.9. The van der Waals surface area contributed by atoms with Gasteiger partial charge in [0.1, 0.15) is 17.1 Å². The predicted molar refractivity (Wildman–Crippen MR) is 124 cm³/mol. The van der Waals surface area contributed by atoms with E-state index in [0.717, 1.165) is 0 Å². The van der Waals surface area contributed by atoms with E-state index in [1.54, 1.807) is 53.4 Å². The monoisotopic (exact) mass is 460 g/mol. The summed E-state index contributed by atoms with van der Waals surface area (Å²) in [5.74, 6) is -1.11. The summed E-state index contributed by atoms with van der Waals surface area (Å²) >= 11 is 1.25. The van der Waals surface area contributed by atoms with E-state index in [0.29, 0.717) is 40.1 Å². The number of nitrogens with zero attached hydrogens (tertiary/aromatic N) is 4. The molecular weight excluding hydrogens is 440 g/mol. The normalized spacial score (nSPS) is 17.8. The van der Waals surface area contributed by atoms with Crippen molar-refractivity contribution in [2.75, 3.05) is 11.5 Å². The van der Waals surface area contributed by atoms with Gasteiger partial charge in [0, 0.05) is 17.8 Å². The lowest BCUT2D eigenvalue weighted by Gasteiger charge is -2.23. The van der Waals surface area contributed by atoms with Crippen molar-refractivity contribution < 1.29 is 19.4 Å². The van der Waals surface area contributed by atoms with Crippen LogP contribution in [0, 0.1) is 6.92 Å². The molecule has 1 amide bonds. The fraction of sp³-hybridized carbons (Fsp3) is 0.167. The highest BCUT2D eigenvalue weighted by Gasteiger charge is 2.48. The molecule has 4 heterocycles. The maximum atomic E-state index is 13.3. The number of aromatic nitrogens is 3. The zero-order valence-corrected chi connectivity index (χ0v) is 18.7. The number of aryl methyl sites for hydroxylation is 1. The maximum Gasteiger partial charge on any atom is 0.301 e. The van der Waals surface area contributed by atoms with Gasteiger partial charge in [0.25, 0.3) is 5.78 Å². The number of carbonyl (C=O) groups excluding carboxylic acids is 2. The Morgan fingerprint density at radius 3 is 2.67 bits per heavy atom. The number of pyridine rings is 1. The topological polar surface area (TPSA) is 97.0 Å². The average Bonchev–Trinajstić information content (AvgIpc) is 3.51. The molecule has 0 bridgehead atoms. The minimum atomic E-state index is -0.847. The van der Waals surface area contributed by atoms with E-state index in [4.69, 9.17) is 4.74 Å². The number of anilines is 1. The first-order valence-electron chi connectivity index (χ1n) is 10.4. The molecular formula is C24H20N4O4S. The number of thiazole rings is 1. The molecule has 3 aromatic heterocycles. The van der Waals surface area contributed by atoms with E-state index in [9.17, 15) is 14.7 Å². The van der Waals surface area contributed by atoms with Gasteiger partial charge in [-0.1, -0.05) is 18.2 Å². The van der Waals surface area contributed by atoms with Gasteiger partial charge in [-0.05, 0) is 43.7 Å². The molecule has 1 unspecified atom stereocenters. The highest BCUT2D eigenvalue weighted by atomic mass is 32.1. The third kappa shape index (κ3) is 3.37. The van der Waals surface area contributed by atoms with Crippen LogP contribution < -0.4 is 9.64 Å². The van der Waals surface area contributed by atoms with Crippen molar-refractivity contribution in [1.29, 1.82) is 0 Å². The Morgan fingerprint density at radius 2 is 1.97 bits per heavy atom. The summed E-state index contributed by atoms with van der Waals surface area (Å²) in [6.45, 7) is 4.17. The molecule has 1 atom stereocenters. The molecule has 1 saturated heterocycles. The Labute approximate surface area is 193 Å². The first-order valence-corrected chi connectivity index (χ1v) is 11.3. The zero-order valence-electron chi connectivity index (χ0n) is 17.9. The van der Waals surface area contributed by atoms with Crippen LogP contribution in [0.5, 0.6) is 5.75 Å². The number of imidazole rings is 1. The maximum absolute atomic E-state index is 13.3. The molecule has 1 aliphatic heterocycles. The van der Waals surface area contributed by atoms with Gasteiger partial charge in [0.15, 0.2) is 10.9 Å². The molecule has 1 N–H and O–H groups in total. The molecule has 1 aromatic carbocycles. The largest absolute Gasteiger partial charge is 0.505 e. The van der Waals surface area contributed by atoms with Gasteiger partial charge in [-0.3, -0.25) is 18.9 Å². The summed E-state index contributed by atoms with van der Waals surface area (Å²) in [5, 5.41) is 13.6. The summed E-state index contributed by atoms with van der Waals surface area (Å²) in [7, 11) is 0. The number of Topliss-reactive ketones (excluding diaryl/α,β-unsaturated/α-hetero) is 1. The zero-order chi connectivity index (χ0) is 23.1. The fourth-order valence-corrected chi connectivity index (χ4v) is 4.79. The number of ether oxygens (including phenoxy) is 1. The molecule has 0 spiro atoms. The second-order valence-corrected chi connectivity index (χ2v) is 8.33. The lowest BCUT2D eigenvalue weighted by atomic mass is 9.96. The van der Waals surface area contributed by atoms with Crippen LogP contribution in [0.25, 0.3) is 11.4 Å². The number of hydrogen-bond acceptors (Lipinski definition) is 7. The van der Waals surface area contributed by atoms with Crippen molar-refractivity contribution in [3.8, 4) is 5.75 Å². The second-order valence-electron chi connectivity index (χ2n) is 7.46. The molecule has 0 saturated carbocycles. The molecule has 9 heteroatoms. The lowest BCUT2D eigenvalue weighted by molar-refractivity contribution is -0.132. The van der Waals surface area contributed by atoms with Gasteiger partial charge >= 0.3 is 5.91 Å². The van der Waals surface area contributed by atoms with Gasteiger partial charge in [-0.15, -0.1) is 11.3 Å². The molecule has 5 rings (SSSR count). The number of amides is 1. The number of ketones is 1. The Bertz CT molecular complexity index is 1390. The Kier molecular flexibility index (Phi) is 5.18. The van der Waals surface area contributed by atoms with Crippen LogP contribution in [0.15, 0.2) is 65.8 Å². The third-order valence-corrected chi connectivity index (χ3v) is 6.28. The van der Waals surface area contributed by atoms with Crippen LogP contribution in [-0.2, 0) is 9.59 Å². The van der Waals surface area contributed by atoms with Crippen LogP contribution in [0.2, 0.25) is 0 Å². The van der Waals surface area contributed by atoms with E-state index in [1.807, 2.05) is 25.1 Å². The number of rotatable bonds is 5. The van der Waals surface area contributed by atoms with Crippen LogP contribution in [0.1, 0.15) is 29.9 Å². The lowest BCUT2D eigenvalue weighted by Crippen LogP contribution is -2.29. The van der Waals surface area contributed by atoms with E-state index >= 15 is 0 Å². The molecule has 33 heavy (non-hydrogen) atoms. The Hall–Kier alpha value is -3.98.